The molecule has 0 aliphatic rings. The summed E-state index contributed by atoms with van der Waals surface area (Å²) in [5, 5.41) is 0. The summed E-state index contributed by atoms with van der Waals surface area (Å²) in [6.07, 6.45) is 0. The molecule has 1 unspecified atom stereocenters. The molecule has 2 N–H and O–H groups in total. The van der Waals surface area contributed by atoms with Crippen molar-refractivity contribution in [3.63, 3.8) is 0 Å². The molecule has 0 bridgehead atoms. The zero-order valence-corrected chi connectivity index (χ0v) is 12.3. The molecule has 20 heavy (non-hydrogen) atoms. The number of hydrogen-bond acceptors (Lipinski definition) is 2. The Morgan fingerprint density at radius 3 is 2.15 bits per heavy atom. The molecule has 0 saturated carbocycles. The number of aryl methyl sites for hydroxylation is 3. The van der Waals surface area contributed by atoms with E-state index in [0.29, 0.717) is 0 Å². The van der Waals surface area contributed by atoms with Gasteiger partial charge in [-0.15, -0.1) is 0 Å². The van der Waals surface area contributed by atoms with Crippen molar-refractivity contribution in [2.24, 2.45) is 5.73 Å². The van der Waals surface area contributed by atoms with Crippen LogP contribution in [-0.2, 0) is 0 Å². The lowest BCUT2D eigenvalue weighted by Gasteiger charge is -2.18. The summed E-state index contributed by atoms with van der Waals surface area (Å²) in [6, 6.07) is 8.38. The van der Waals surface area contributed by atoms with Crippen molar-refractivity contribution < 1.29 is 9.13 Å². The van der Waals surface area contributed by atoms with Crippen molar-refractivity contribution in [2.75, 3.05) is 7.11 Å². The largest absolute Gasteiger partial charge is 0.496 e. The van der Waals surface area contributed by atoms with Crippen LogP contribution in [0.15, 0.2) is 30.3 Å². The van der Waals surface area contributed by atoms with Crippen LogP contribution >= 0.6 is 0 Å². The van der Waals surface area contributed by atoms with Crippen LogP contribution in [0.5, 0.6) is 5.75 Å². The number of nitrogens with two attached hydrogens (primary N) is 1. The molecule has 0 radical (unpaired) electrons. The van der Waals surface area contributed by atoms with E-state index in [1.807, 2.05) is 32.9 Å². The molecule has 3 heteroatoms. The van der Waals surface area contributed by atoms with E-state index in [1.165, 1.54) is 12.1 Å². The summed E-state index contributed by atoms with van der Waals surface area (Å²) in [4.78, 5) is 0. The lowest BCUT2D eigenvalue weighted by atomic mass is 9.93. The monoisotopic (exact) mass is 273 g/mol. The molecule has 0 fully saturated rings. The fourth-order valence-corrected chi connectivity index (χ4v) is 2.61. The number of benzene rings is 2. The van der Waals surface area contributed by atoms with Gasteiger partial charge < -0.3 is 10.5 Å². The molecule has 2 rings (SSSR count). The van der Waals surface area contributed by atoms with Gasteiger partial charge in [-0.25, -0.2) is 4.39 Å². The third kappa shape index (κ3) is 2.68. The highest BCUT2D eigenvalue weighted by Crippen LogP contribution is 2.30. The first-order valence-electron chi connectivity index (χ1n) is 6.60. The topological polar surface area (TPSA) is 35.2 Å². The third-order valence-corrected chi connectivity index (χ3v) is 3.62. The fourth-order valence-electron chi connectivity index (χ4n) is 2.61. The van der Waals surface area contributed by atoms with E-state index < -0.39 is 0 Å². The highest BCUT2D eigenvalue weighted by atomic mass is 19.1. The maximum absolute atomic E-state index is 13.4. The lowest BCUT2D eigenvalue weighted by molar-refractivity contribution is 0.408. The Morgan fingerprint density at radius 1 is 1.00 bits per heavy atom. The summed E-state index contributed by atoms with van der Waals surface area (Å²) in [7, 11) is 1.66. The van der Waals surface area contributed by atoms with Crippen LogP contribution in [0.2, 0.25) is 0 Å². The van der Waals surface area contributed by atoms with E-state index in [1.54, 1.807) is 13.2 Å². The minimum absolute atomic E-state index is 0.261. The second-order valence-electron chi connectivity index (χ2n) is 5.17. The van der Waals surface area contributed by atoms with Gasteiger partial charge in [0.15, 0.2) is 0 Å². The fraction of sp³-hybridized carbons (Fsp3) is 0.294. The maximum atomic E-state index is 13.4. The predicted octanol–water partition coefficient (Wildman–Crippen LogP) is 3.81. The number of hydrogen-bond donors (Lipinski definition) is 1. The zero-order valence-electron chi connectivity index (χ0n) is 12.3. The van der Waals surface area contributed by atoms with E-state index in [-0.39, 0.29) is 11.9 Å². The molecule has 0 saturated heterocycles. The van der Waals surface area contributed by atoms with Crippen LogP contribution < -0.4 is 10.5 Å². The summed E-state index contributed by atoms with van der Waals surface area (Å²) in [6.45, 7) is 5.92. The molecule has 2 aromatic rings. The van der Waals surface area contributed by atoms with Crippen LogP contribution in [-0.4, -0.2) is 7.11 Å². The first kappa shape index (κ1) is 14.5. The van der Waals surface area contributed by atoms with E-state index in [4.69, 9.17) is 10.5 Å². The van der Waals surface area contributed by atoms with Crippen molar-refractivity contribution in [3.05, 3.63) is 64.0 Å². The summed E-state index contributed by atoms with van der Waals surface area (Å²) in [5.41, 5.74) is 11.1. The van der Waals surface area contributed by atoms with Crippen LogP contribution in [0.25, 0.3) is 0 Å². The molecule has 0 heterocycles. The smallest absolute Gasteiger partial charge is 0.124 e. The van der Waals surface area contributed by atoms with Crippen LogP contribution in [0.1, 0.15) is 33.9 Å². The summed E-state index contributed by atoms with van der Waals surface area (Å²) < 4.78 is 18.8. The molecule has 106 valence electrons. The second kappa shape index (κ2) is 5.63. The molecule has 2 aromatic carbocycles. The minimum atomic E-state index is -0.339. The van der Waals surface area contributed by atoms with Gasteiger partial charge in [-0.1, -0.05) is 18.2 Å². The number of halogens is 1. The van der Waals surface area contributed by atoms with E-state index in [0.717, 1.165) is 33.6 Å². The van der Waals surface area contributed by atoms with E-state index in [2.05, 4.69) is 0 Å². The van der Waals surface area contributed by atoms with Gasteiger partial charge in [0.25, 0.3) is 0 Å². The highest BCUT2D eigenvalue weighted by molar-refractivity contribution is 5.47. The van der Waals surface area contributed by atoms with Gasteiger partial charge in [-0.05, 0) is 60.7 Å². The Labute approximate surface area is 119 Å². The standard InChI is InChI=1S/C17H20FNO/c1-10-5-6-14(18)9-15(10)16(19)13-7-11(2)17(20-4)12(3)8-13/h5-9,16H,19H2,1-4H3. The Morgan fingerprint density at radius 2 is 1.60 bits per heavy atom. The molecule has 0 aliphatic carbocycles. The molecular formula is C17H20FNO. The molecule has 0 aromatic heterocycles. The Kier molecular flexibility index (Phi) is 4.09. The quantitative estimate of drug-likeness (QED) is 0.923. The predicted molar refractivity (Wildman–Crippen MR) is 79.6 cm³/mol. The average Bonchev–Trinajstić information content (AvgIpc) is 2.40. The Balaban J connectivity index is 2.48. The Bertz CT molecular complexity index is 614. The van der Waals surface area contributed by atoms with Gasteiger partial charge in [0.2, 0.25) is 0 Å². The van der Waals surface area contributed by atoms with Gasteiger partial charge >= 0.3 is 0 Å². The second-order valence-corrected chi connectivity index (χ2v) is 5.17. The molecule has 0 aliphatic heterocycles. The van der Waals surface area contributed by atoms with Gasteiger partial charge in [0.05, 0.1) is 13.2 Å². The minimum Gasteiger partial charge on any atom is -0.496 e. The number of methoxy groups -OCH3 is 1. The van der Waals surface area contributed by atoms with Gasteiger partial charge in [-0.3, -0.25) is 0 Å². The molecule has 2 nitrogen and oxygen atoms in total. The normalized spacial score (nSPS) is 12.3. The SMILES string of the molecule is COc1c(C)cc(C(N)c2cc(F)ccc2C)cc1C. The zero-order chi connectivity index (χ0) is 14.9. The molecule has 0 spiro atoms. The number of ether oxygens (including phenoxy) is 1. The average molecular weight is 273 g/mol. The van der Waals surface area contributed by atoms with Gasteiger partial charge in [0, 0.05) is 0 Å². The highest BCUT2D eigenvalue weighted by Gasteiger charge is 2.15. The van der Waals surface area contributed by atoms with E-state index >= 15 is 0 Å². The van der Waals surface area contributed by atoms with Crippen molar-refractivity contribution in [3.8, 4) is 5.75 Å². The van der Waals surface area contributed by atoms with Crippen LogP contribution in [0.4, 0.5) is 4.39 Å². The van der Waals surface area contributed by atoms with Crippen molar-refractivity contribution in [1.82, 2.24) is 0 Å². The van der Waals surface area contributed by atoms with Crippen molar-refractivity contribution in [2.45, 2.75) is 26.8 Å². The first-order valence-corrected chi connectivity index (χ1v) is 6.60. The van der Waals surface area contributed by atoms with Crippen LogP contribution in [0, 0.1) is 26.6 Å². The maximum Gasteiger partial charge on any atom is 0.124 e. The molecular weight excluding hydrogens is 253 g/mol. The van der Waals surface area contributed by atoms with Gasteiger partial charge in [-0.2, -0.15) is 0 Å². The summed E-state index contributed by atoms with van der Waals surface area (Å²) >= 11 is 0. The van der Waals surface area contributed by atoms with Gasteiger partial charge in [0.1, 0.15) is 11.6 Å². The van der Waals surface area contributed by atoms with Crippen molar-refractivity contribution >= 4 is 0 Å². The molecule has 1 atom stereocenters. The van der Waals surface area contributed by atoms with E-state index in [9.17, 15) is 4.39 Å². The lowest BCUT2D eigenvalue weighted by Crippen LogP contribution is -2.14. The Hall–Kier alpha value is -1.87. The van der Waals surface area contributed by atoms with Crippen LogP contribution in [0.3, 0.4) is 0 Å². The third-order valence-electron chi connectivity index (χ3n) is 3.62. The van der Waals surface area contributed by atoms with Crippen molar-refractivity contribution in [1.29, 1.82) is 0 Å². The first-order chi connectivity index (χ1) is 9.43. The molecule has 0 amide bonds. The summed E-state index contributed by atoms with van der Waals surface area (Å²) in [5.74, 6) is 0.611. The number of rotatable bonds is 3.